The summed E-state index contributed by atoms with van der Waals surface area (Å²) in [5.41, 5.74) is 0.801. The van der Waals surface area contributed by atoms with E-state index in [9.17, 15) is 4.79 Å². The second-order valence-corrected chi connectivity index (χ2v) is 6.96. The highest BCUT2D eigenvalue weighted by Gasteiger charge is 2.27. The van der Waals surface area contributed by atoms with Crippen molar-refractivity contribution in [3.05, 3.63) is 20.3 Å². The highest BCUT2D eigenvalue weighted by atomic mass is 79.9. The van der Waals surface area contributed by atoms with E-state index in [4.69, 9.17) is 4.74 Å². The van der Waals surface area contributed by atoms with Gasteiger partial charge in [-0.1, -0.05) is 0 Å². The van der Waals surface area contributed by atoms with E-state index in [1.165, 1.54) is 10.4 Å². The van der Waals surface area contributed by atoms with Gasteiger partial charge in [0.05, 0.1) is 6.54 Å². The third kappa shape index (κ3) is 3.01. The van der Waals surface area contributed by atoms with E-state index in [0.717, 1.165) is 17.4 Å². The molecule has 1 aromatic heterocycles. The van der Waals surface area contributed by atoms with Crippen LogP contribution in [0, 0.1) is 0 Å². The smallest absolute Gasteiger partial charge is 0.410 e. The van der Waals surface area contributed by atoms with Gasteiger partial charge in [-0.2, -0.15) is 0 Å². The minimum Gasteiger partial charge on any atom is -0.444 e. The van der Waals surface area contributed by atoms with Crippen molar-refractivity contribution >= 4 is 33.4 Å². The van der Waals surface area contributed by atoms with Gasteiger partial charge in [-0.3, -0.25) is 0 Å². The Bertz CT molecular complexity index is 436. The van der Waals surface area contributed by atoms with Crippen LogP contribution >= 0.6 is 27.3 Å². The van der Waals surface area contributed by atoms with Gasteiger partial charge < -0.3 is 9.64 Å². The van der Waals surface area contributed by atoms with Crippen LogP contribution in [-0.2, 0) is 17.7 Å². The third-order valence-electron chi connectivity index (χ3n) is 2.54. The summed E-state index contributed by atoms with van der Waals surface area (Å²) < 4.78 is 6.49. The van der Waals surface area contributed by atoms with Crippen LogP contribution in [0.25, 0.3) is 0 Å². The lowest BCUT2D eigenvalue weighted by atomic mass is 10.1. The van der Waals surface area contributed by atoms with Crippen molar-refractivity contribution in [3.63, 3.8) is 0 Å². The first kappa shape index (κ1) is 12.9. The maximum atomic E-state index is 11.9. The van der Waals surface area contributed by atoms with Crippen molar-refractivity contribution in [2.24, 2.45) is 0 Å². The number of fused-ring (bicyclic) bond motifs is 1. The molecule has 0 unspecified atom stereocenters. The zero-order chi connectivity index (χ0) is 12.6. The normalized spacial score (nSPS) is 15.6. The number of hydrogen-bond donors (Lipinski definition) is 0. The molecule has 0 radical (unpaired) electrons. The molecular weight excluding hydrogens is 302 g/mol. The number of hydrogen-bond acceptors (Lipinski definition) is 3. The molecule has 0 atom stereocenters. The molecule has 0 fully saturated rings. The maximum absolute atomic E-state index is 11.9. The number of carbonyl (C=O) groups excluding carboxylic acids is 1. The molecule has 0 saturated carbocycles. The van der Waals surface area contributed by atoms with E-state index >= 15 is 0 Å². The fourth-order valence-electron chi connectivity index (χ4n) is 1.76. The quantitative estimate of drug-likeness (QED) is 0.728. The van der Waals surface area contributed by atoms with Crippen LogP contribution in [-0.4, -0.2) is 23.1 Å². The lowest BCUT2D eigenvalue weighted by Crippen LogP contribution is -2.39. The van der Waals surface area contributed by atoms with Gasteiger partial charge >= 0.3 is 6.09 Å². The van der Waals surface area contributed by atoms with Crippen molar-refractivity contribution in [3.8, 4) is 0 Å². The maximum Gasteiger partial charge on any atom is 0.410 e. The fraction of sp³-hybridized carbons (Fsp3) is 0.583. The lowest BCUT2D eigenvalue weighted by molar-refractivity contribution is 0.0225. The molecule has 0 aromatic carbocycles. The Hall–Kier alpha value is -0.550. The van der Waals surface area contributed by atoms with Crippen LogP contribution in [0.4, 0.5) is 4.79 Å². The van der Waals surface area contributed by atoms with Crippen LogP contribution < -0.4 is 0 Å². The van der Waals surface area contributed by atoms with Crippen LogP contribution in [0.5, 0.6) is 0 Å². The standard InChI is InChI=1S/C12H16BrNO2S/c1-12(2,3)16-11(15)14-5-4-10-8(6-14)9(13)7-17-10/h7H,4-6H2,1-3H3. The SMILES string of the molecule is CC(C)(C)OC(=O)N1CCc2scc(Br)c2C1. The molecular formula is C12H16BrNO2S. The van der Waals surface area contributed by atoms with E-state index in [1.807, 2.05) is 20.8 Å². The van der Waals surface area contributed by atoms with Gasteiger partial charge in [0, 0.05) is 21.3 Å². The number of carbonyl (C=O) groups is 1. The molecule has 1 amide bonds. The molecule has 0 spiro atoms. The number of nitrogens with zero attached hydrogens (tertiary/aromatic N) is 1. The van der Waals surface area contributed by atoms with Gasteiger partial charge in [-0.15, -0.1) is 11.3 Å². The van der Waals surface area contributed by atoms with E-state index in [1.54, 1.807) is 16.2 Å². The predicted molar refractivity (Wildman–Crippen MR) is 72.4 cm³/mol. The summed E-state index contributed by atoms with van der Waals surface area (Å²) in [5.74, 6) is 0. The number of rotatable bonds is 0. The molecule has 5 heteroatoms. The first-order valence-corrected chi connectivity index (χ1v) is 7.27. The first-order valence-electron chi connectivity index (χ1n) is 5.59. The van der Waals surface area contributed by atoms with Crippen molar-refractivity contribution in [2.45, 2.75) is 39.3 Å². The molecule has 0 bridgehead atoms. The molecule has 0 aliphatic carbocycles. The van der Waals surface area contributed by atoms with Crippen LogP contribution in [0.3, 0.4) is 0 Å². The van der Waals surface area contributed by atoms with Crippen LogP contribution in [0.2, 0.25) is 0 Å². The second-order valence-electron chi connectivity index (χ2n) is 5.14. The number of halogens is 1. The Morgan fingerprint density at radius 1 is 1.53 bits per heavy atom. The first-order chi connectivity index (χ1) is 7.87. The lowest BCUT2D eigenvalue weighted by Gasteiger charge is -2.30. The summed E-state index contributed by atoms with van der Waals surface area (Å²) in [7, 11) is 0. The Morgan fingerprint density at radius 3 is 2.88 bits per heavy atom. The minimum absolute atomic E-state index is 0.221. The summed E-state index contributed by atoms with van der Waals surface area (Å²) in [6.07, 6.45) is 0.700. The molecule has 1 aliphatic heterocycles. The zero-order valence-electron chi connectivity index (χ0n) is 10.2. The van der Waals surface area contributed by atoms with Crippen LogP contribution in [0.1, 0.15) is 31.2 Å². The largest absolute Gasteiger partial charge is 0.444 e. The molecule has 3 nitrogen and oxygen atoms in total. The van der Waals surface area contributed by atoms with Crippen molar-refractivity contribution in [1.29, 1.82) is 0 Å². The number of amides is 1. The summed E-state index contributed by atoms with van der Waals surface area (Å²) in [6.45, 7) is 7.06. The van der Waals surface area contributed by atoms with Gasteiger partial charge in [0.25, 0.3) is 0 Å². The summed E-state index contributed by atoms with van der Waals surface area (Å²) >= 11 is 5.27. The molecule has 0 saturated heterocycles. The Morgan fingerprint density at radius 2 is 2.24 bits per heavy atom. The zero-order valence-corrected chi connectivity index (χ0v) is 12.7. The Kier molecular flexibility index (Phi) is 3.50. The molecule has 1 aliphatic rings. The summed E-state index contributed by atoms with van der Waals surface area (Å²) in [6, 6.07) is 0. The topological polar surface area (TPSA) is 29.5 Å². The highest BCUT2D eigenvalue weighted by molar-refractivity contribution is 9.10. The van der Waals surface area contributed by atoms with Crippen molar-refractivity contribution < 1.29 is 9.53 Å². The molecule has 1 aromatic rings. The molecule has 94 valence electrons. The molecule has 2 rings (SSSR count). The summed E-state index contributed by atoms with van der Waals surface area (Å²) in [4.78, 5) is 15.1. The van der Waals surface area contributed by atoms with E-state index in [-0.39, 0.29) is 6.09 Å². The highest BCUT2D eigenvalue weighted by Crippen LogP contribution is 2.32. The van der Waals surface area contributed by atoms with Gasteiger partial charge in [0.1, 0.15) is 5.60 Å². The van der Waals surface area contributed by atoms with Crippen molar-refractivity contribution in [1.82, 2.24) is 4.90 Å². The average molecular weight is 318 g/mol. The van der Waals surface area contributed by atoms with E-state index in [0.29, 0.717) is 6.54 Å². The molecule has 17 heavy (non-hydrogen) atoms. The van der Waals surface area contributed by atoms with Crippen molar-refractivity contribution in [2.75, 3.05) is 6.54 Å². The number of thiophene rings is 1. The van der Waals surface area contributed by atoms with Gasteiger partial charge in [-0.05, 0) is 48.7 Å². The third-order valence-corrected chi connectivity index (χ3v) is 4.64. The molecule has 2 heterocycles. The van der Waals surface area contributed by atoms with Gasteiger partial charge in [0.15, 0.2) is 0 Å². The monoisotopic (exact) mass is 317 g/mol. The Labute approximate surface area is 114 Å². The fourth-order valence-corrected chi connectivity index (χ4v) is 3.45. The molecule has 0 N–H and O–H groups in total. The minimum atomic E-state index is -0.427. The average Bonchev–Trinajstić information content (AvgIpc) is 2.57. The van der Waals surface area contributed by atoms with E-state index in [2.05, 4.69) is 21.3 Å². The van der Waals surface area contributed by atoms with Gasteiger partial charge in [-0.25, -0.2) is 4.79 Å². The summed E-state index contributed by atoms with van der Waals surface area (Å²) in [5, 5.41) is 2.09. The second kappa shape index (κ2) is 4.61. The van der Waals surface area contributed by atoms with Gasteiger partial charge in [0.2, 0.25) is 0 Å². The number of ether oxygens (including phenoxy) is 1. The Balaban J connectivity index is 2.07. The van der Waals surface area contributed by atoms with Crippen LogP contribution in [0.15, 0.2) is 9.85 Å². The van der Waals surface area contributed by atoms with E-state index < -0.39 is 5.60 Å². The predicted octanol–water partition coefficient (Wildman–Crippen LogP) is 3.80.